The molecule has 0 radical (unpaired) electrons. The van der Waals surface area contributed by atoms with E-state index in [1.54, 1.807) is 54.5 Å². The van der Waals surface area contributed by atoms with E-state index in [1.807, 2.05) is 13.8 Å². The molecule has 1 aliphatic heterocycles. The van der Waals surface area contributed by atoms with Gasteiger partial charge in [0.05, 0.1) is 37.5 Å². The van der Waals surface area contributed by atoms with Gasteiger partial charge in [0, 0.05) is 43.5 Å². The maximum absolute atomic E-state index is 14.3. The zero-order chi connectivity index (χ0) is 31.6. The first kappa shape index (κ1) is 33.6. The van der Waals surface area contributed by atoms with Crippen molar-refractivity contribution in [2.45, 2.75) is 71.1 Å². The van der Waals surface area contributed by atoms with Crippen LogP contribution in [0.4, 0.5) is 16.2 Å². The van der Waals surface area contributed by atoms with Crippen molar-refractivity contribution in [1.82, 2.24) is 9.80 Å². The minimum atomic E-state index is -0.442. The number of nitrogens with one attached hydrogen (secondary N) is 2. The Hall–Kier alpha value is -3.34. The van der Waals surface area contributed by atoms with Crippen LogP contribution in [-0.2, 0) is 4.74 Å². The Morgan fingerprint density at radius 3 is 2.45 bits per heavy atom. The van der Waals surface area contributed by atoms with E-state index in [0.717, 1.165) is 38.3 Å². The van der Waals surface area contributed by atoms with E-state index in [1.165, 1.54) is 12.8 Å². The molecular formula is C34H50N4O6. The van der Waals surface area contributed by atoms with Crippen molar-refractivity contribution in [3.8, 4) is 11.5 Å². The monoisotopic (exact) mass is 610 g/mol. The molecule has 1 fully saturated rings. The van der Waals surface area contributed by atoms with E-state index in [2.05, 4.69) is 29.5 Å². The van der Waals surface area contributed by atoms with Crippen LogP contribution in [-0.4, -0.2) is 92.1 Å². The summed E-state index contributed by atoms with van der Waals surface area (Å²) in [4.78, 5) is 31.2. The van der Waals surface area contributed by atoms with Crippen LogP contribution in [0.2, 0.25) is 0 Å². The van der Waals surface area contributed by atoms with Gasteiger partial charge >= 0.3 is 6.03 Å². The molecule has 1 aliphatic carbocycles. The van der Waals surface area contributed by atoms with Gasteiger partial charge in [-0.15, -0.1) is 0 Å². The quantitative estimate of drug-likeness (QED) is 0.345. The van der Waals surface area contributed by atoms with Crippen LogP contribution in [0.1, 0.15) is 63.2 Å². The highest BCUT2D eigenvalue weighted by molar-refractivity contribution is 6.02. The predicted molar refractivity (Wildman–Crippen MR) is 173 cm³/mol. The Balaban J connectivity index is 1.57. The smallest absolute Gasteiger partial charge is 0.323 e. The van der Waals surface area contributed by atoms with Gasteiger partial charge in [0.15, 0.2) is 0 Å². The first-order valence-electron chi connectivity index (χ1n) is 15.9. The summed E-state index contributed by atoms with van der Waals surface area (Å²) in [6.45, 7) is 8.71. The number of aliphatic hydroxyl groups is 1. The number of carbonyl (C=O) groups excluding carboxylic acids is 2. The average molecular weight is 611 g/mol. The molecule has 2 aliphatic rings. The molecule has 1 heterocycles. The first-order valence-corrected chi connectivity index (χ1v) is 15.9. The number of fused-ring (bicyclic) bond motifs is 1. The third-order valence-corrected chi connectivity index (χ3v) is 8.42. The number of rotatable bonds is 9. The van der Waals surface area contributed by atoms with Crippen molar-refractivity contribution >= 4 is 23.3 Å². The SMILES string of the molecule is COc1ccc(NC(=O)Nc2ccc3c(c2)C(=O)N([C@H](C)CO)C[C@H](C)[C@@H](CN(C)CC2CC2)OCCCC[C@H](C)O3)cc1. The zero-order valence-corrected chi connectivity index (χ0v) is 26.9. The number of methoxy groups -OCH3 is 1. The topological polar surface area (TPSA) is 113 Å². The van der Waals surface area contributed by atoms with Crippen LogP contribution < -0.4 is 20.1 Å². The van der Waals surface area contributed by atoms with Crippen molar-refractivity contribution in [3.63, 3.8) is 0 Å². The number of ether oxygens (including phenoxy) is 3. The maximum atomic E-state index is 14.3. The van der Waals surface area contributed by atoms with Crippen LogP contribution in [0.3, 0.4) is 0 Å². The number of benzene rings is 2. The lowest BCUT2D eigenvalue weighted by atomic mass is 10.0. The number of likely N-dealkylation sites (N-methyl/N-ethyl adjacent to an activating group) is 1. The number of amides is 3. The number of nitrogens with zero attached hydrogens (tertiary/aromatic N) is 2. The van der Waals surface area contributed by atoms with E-state index in [4.69, 9.17) is 14.2 Å². The normalized spacial score (nSPS) is 22.4. The molecule has 3 N–H and O–H groups in total. The lowest BCUT2D eigenvalue weighted by Gasteiger charge is -2.36. The van der Waals surface area contributed by atoms with Crippen LogP contribution >= 0.6 is 0 Å². The maximum Gasteiger partial charge on any atom is 0.323 e. The summed E-state index contributed by atoms with van der Waals surface area (Å²) >= 11 is 0. The van der Waals surface area contributed by atoms with E-state index < -0.39 is 12.1 Å². The number of hydrogen-bond donors (Lipinski definition) is 3. The van der Waals surface area contributed by atoms with E-state index >= 15 is 0 Å². The third kappa shape index (κ3) is 9.84. The molecule has 0 saturated heterocycles. The van der Waals surface area contributed by atoms with Crippen molar-refractivity contribution in [2.24, 2.45) is 11.8 Å². The Morgan fingerprint density at radius 1 is 1.07 bits per heavy atom. The van der Waals surface area contributed by atoms with Crippen LogP contribution in [0, 0.1) is 11.8 Å². The van der Waals surface area contributed by atoms with Crippen molar-refractivity contribution in [3.05, 3.63) is 48.0 Å². The molecule has 4 rings (SSSR count). The van der Waals surface area contributed by atoms with Gasteiger partial charge in [-0.25, -0.2) is 4.79 Å². The molecule has 1 saturated carbocycles. The fourth-order valence-corrected chi connectivity index (χ4v) is 5.55. The van der Waals surface area contributed by atoms with Crippen LogP contribution in [0.15, 0.2) is 42.5 Å². The Bertz CT molecular complexity index is 1220. The second-order valence-corrected chi connectivity index (χ2v) is 12.5. The molecule has 10 nitrogen and oxygen atoms in total. The molecule has 2 aromatic carbocycles. The largest absolute Gasteiger partial charge is 0.497 e. The number of urea groups is 1. The van der Waals surface area contributed by atoms with Crippen LogP contribution in [0.5, 0.6) is 11.5 Å². The fourth-order valence-electron chi connectivity index (χ4n) is 5.55. The molecule has 0 bridgehead atoms. The molecule has 242 valence electrons. The fraction of sp³-hybridized carbons (Fsp3) is 0.588. The van der Waals surface area contributed by atoms with Crippen molar-refractivity contribution < 1.29 is 28.9 Å². The number of hydrogen-bond acceptors (Lipinski definition) is 7. The lowest BCUT2D eigenvalue weighted by Crippen LogP contribution is -2.47. The molecule has 0 unspecified atom stereocenters. The Kier molecular flexibility index (Phi) is 12.3. The summed E-state index contributed by atoms with van der Waals surface area (Å²) in [6.07, 6.45) is 5.11. The summed E-state index contributed by atoms with van der Waals surface area (Å²) in [7, 11) is 3.73. The molecule has 3 amide bonds. The molecule has 0 aromatic heterocycles. The summed E-state index contributed by atoms with van der Waals surface area (Å²) in [5.41, 5.74) is 1.39. The molecular weight excluding hydrogens is 560 g/mol. The second kappa shape index (κ2) is 16.1. The second-order valence-electron chi connectivity index (χ2n) is 12.5. The Morgan fingerprint density at radius 2 is 1.77 bits per heavy atom. The Labute approximate surface area is 262 Å². The summed E-state index contributed by atoms with van der Waals surface area (Å²) in [5, 5.41) is 15.8. The van der Waals surface area contributed by atoms with Gasteiger partial charge in [0.2, 0.25) is 0 Å². The number of carbonyl (C=O) groups is 2. The van der Waals surface area contributed by atoms with Crippen LogP contribution in [0.25, 0.3) is 0 Å². The van der Waals surface area contributed by atoms with Gasteiger partial charge in [-0.05, 0) is 101 Å². The lowest BCUT2D eigenvalue weighted by molar-refractivity contribution is -0.0172. The van der Waals surface area contributed by atoms with Gasteiger partial charge in [0.1, 0.15) is 11.5 Å². The first-order chi connectivity index (χ1) is 21.2. The minimum Gasteiger partial charge on any atom is -0.497 e. The third-order valence-electron chi connectivity index (χ3n) is 8.42. The van der Waals surface area contributed by atoms with E-state index in [0.29, 0.717) is 41.6 Å². The molecule has 4 atom stereocenters. The number of anilines is 2. The minimum absolute atomic E-state index is 0.0254. The highest BCUT2D eigenvalue weighted by Gasteiger charge is 2.31. The molecule has 10 heteroatoms. The predicted octanol–water partition coefficient (Wildman–Crippen LogP) is 5.48. The van der Waals surface area contributed by atoms with Crippen molar-refractivity contribution in [1.29, 1.82) is 0 Å². The van der Waals surface area contributed by atoms with Gasteiger partial charge < -0.3 is 39.8 Å². The average Bonchev–Trinajstić information content (AvgIpc) is 3.82. The standard InChI is InChI=1S/C34H50N4O6/c1-23-19-38(24(2)22-39)33(40)30-18-28(36-34(41)35-27-11-14-29(42-5)15-12-27)13-16-31(30)44-25(3)8-6-7-17-43-32(23)21-37(4)20-26-9-10-26/h11-16,18,23-26,32,39H,6-10,17,19-22H2,1-5H3,(H2,35,36,41)/t23-,24+,25-,32+/m0/s1. The van der Waals surface area contributed by atoms with Gasteiger partial charge in [-0.1, -0.05) is 6.92 Å². The molecule has 2 aromatic rings. The van der Waals surface area contributed by atoms with Gasteiger partial charge in [-0.3, -0.25) is 4.79 Å². The highest BCUT2D eigenvalue weighted by Crippen LogP contribution is 2.31. The van der Waals surface area contributed by atoms with Gasteiger partial charge in [0.25, 0.3) is 5.91 Å². The zero-order valence-electron chi connectivity index (χ0n) is 26.9. The summed E-state index contributed by atoms with van der Waals surface area (Å²) in [6, 6.07) is 11.3. The number of aliphatic hydroxyl groups excluding tert-OH is 1. The summed E-state index contributed by atoms with van der Waals surface area (Å²) in [5.74, 6) is 1.69. The highest BCUT2D eigenvalue weighted by atomic mass is 16.5. The summed E-state index contributed by atoms with van der Waals surface area (Å²) < 4.78 is 17.9. The van der Waals surface area contributed by atoms with Crippen molar-refractivity contribution in [2.75, 3.05) is 57.6 Å². The molecule has 44 heavy (non-hydrogen) atoms. The van der Waals surface area contributed by atoms with E-state index in [9.17, 15) is 14.7 Å². The molecule has 0 spiro atoms. The van der Waals surface area contributed by atoms with E-state index in [-0.39, 0.29) is 30.6 Å². The van der Waals surface area contributed by atoms with Gasteiger partial charge in [-0.2, -0.15) is 0 Å².